The zero-order chi connectivity index (χ0) is 37.9. The molecule has 0 aliphatic carbocycles. The molecule has 0 radical (unpaired) electrons. The van der Waals surface area contributed by atoms with E-state index < -0.39 is 147 Å². The number of nitrogens with one attached hydrogen (secondary N) is 1. The second kappa shape index (κ2) is 21.0. The normalized spacial score (nSPS) is 29.7. The van der Waals surface area contributed by atoms with Crippen molar-refractivity contribution in [1.29, 1.82) is 0 Å². The van der Waals surface area contributed by atoms with Gasteiger partial charge in [-0.25, -0.2) is 9.13 Å². The van der Waals surface area contributed by atoms with Crippen LogP contribution in [-0.4, -0.2) is 202 Å². The van der Waals surface area contributed by atoms with E-state index in [4.69, 9.17) is 14.6 Å². The van der Waals surface area contributed by atoms with Crippen LogP contribution in [0.15, 0.2) is 0 Å². The van der Waals surface area contributed by atoms with E-state index >= 15 is 0 Å². The second-order valence-electron chi connectivity index (χ2n) is 10.9. The number of phosphoric acid groups is 2. The molecule has 0 saturated carbocycles. The Hall–Kier alpha value is -0.870. The fraction of sp³-hybridized carbons (Fsp3) is 0.957. The van der Waals surface area contributed by atoms with Crippen molar-refractivity contribution in [3.8, 4) is 0 Å². The van der Waals surface area contributed by atoms with Gasteiger partial charge >= 0.3 is 15.6 Å². The lowest BCUT2D eigenvalue weighted by atomic mass is 9.96. The molecular formula is C23H47NO23P2. The predicted molar refractivity (Wildman–Crippen MR) is 155 cm³/mol. The maximum Gasteiger partial charge on any atom is 0.472 e. The maximum absolute atomic E-state index is 12.3. The molecule has 1 heterocycles. The number of aliphatic hydroxyl groups excluding tert-OH is 12. The third kappa shape index (κ3) is 15.3. The first-order chi connectivity index (χ1) is 22.6. The summed E-state index contributed by atoms with van der Waals surface area (Å²) in [5.74, 6) is -0.807. The van der Waals surface area contributed by atoms with Gasteiger partial charge in [0.15, 0.2) is 6.29 Å². The molecule has 16 atom stereocenters. The van der Waals surface area contributed by atoms with E-state index in [2.05, 4.69) is 23.4 Å². The van der Waals surface area contributed by atoms with Crippen molar-refractivity contribution in [3.05, 3.63) is 0 Å². The van der Waals surface area contributed by atoms with Crippen LogP contribution in [0.25, 0.3) is 0 Å². The molecule has 0 aromatic carbocycles. The molecule has 1 rings (SSSR count). The van der Waals surface area contributed by atoms with Gasteiger partial charge in [0.25, 0.3) is 0 Å². The summed E-state index contributed by atoms with van der Waals surface area (Å²) in [5.41, 5.74) is 0. The highest BCUT2D eigenvalue weighted by Gasteiger charge is 2.48. The van der Waals surface area contributed by atoms with E-state index in [0.717, 1.165) is 13.8 Å². The topological polar surface area (TPSA) is 402 Å². The lowest BCUT2D eigenvalue weighted by Gasteiger charge is -2.44. The third-order valence-corrected chi connectivity index (χ3v) is 8.70. The average molecular weight is 768 g/mol. The zero-order valence-corrected chi connectivity index (χ0v) is 27.9. The van der Waals surface area contributed by atoms with E-state index in [-0.39, 0.29) is 0 Å². The van der Waals surface area contributed by atoms with Crippen LogP contribution in [0, 0.1) is 0 Å². The Balaban J connectivity index is 3.17. The molecule has 1 aliphatic heterocycles. The summed E-state index contributed by atoms with van der Waals surface area (Å²) < 4.78 is 53.8. The Morgan fingerprint density at radius 1 is 0.735 bits per heavy atom. The second-order valence-corrected chi connectivity index (χ2v) is 13.8. The standard InChI is InChI=1S/C23H47NO23P2/c1-9(27)18(34)12(30)5-42-48(38,39)44-7-14(32)22(47-23-17(24-10(2)28)21(37)20(36)16(4-26)46-23)15(33)8-45-49(40,41)43-6-13(31)19(35)11(29)3-25/h9,11-23,25-27,29-37H,3-8H2,1-2H3,(H,24,28)(H,38,39)(H,40,41)/t9-,11+,12+,13-,14-,15+,16-,17-,18-,19+,20-,21-,22-,23+/m1/s1. The van der Waals surface area contributed by atoms with E-state index in [1.54, 1.807) is 0 Å². The Labute approximate surface area is 278 Å². The van der Waals surface area contributed by atoms with Gasteiger partial charge < -0.3 is 85.9 Å². The zero-order valence-electron chi connectivity index (χ0n) is 26.2. The van der Waals surface area contributed by atoms with Crippen LogP contribution in [0.1, 0.15) is 13.8 Å². The third-order valence-electron chi connectivity index (χ3n) is 6.80. The molecule has 0 spiro atoms. The maximum atomic E-state index is 12.3. The number of amides is 1. The molecule has 1 aliphatic rings. The van der Waals surface area contributed by atoms with Crippen molar-refractivity contribution in [1.82, 2.24) is 5.32 Å². The summed E-state index contributed by atoms with van der Waals surface area (Å²) in [7, 11) is -10.4. The van der Waals surface area contributed by atoms with Gasteiger partial charge in [0.2, 0.25) is 5.91 Å². The molecule has 2 unspecified atom stereocenters. The Bertz CT molecular complexity index is 1070. The van der Waals surface area contributed by atoms with E-state index in [9.17, 15) is 79.9 Å². The highest BCUT2D eigenvalue weighted by Crippen LogP contribution is 2.45. The van der Waals surface area contributed by atoms with E-state index in [1.807, 2.05) is 0 Å². The lowest BCUT2D eigenvalue weighted by Crippen LogP contribution is -2.66. The van der Waals surface area contributed by atoms with Gasteiger partial charge in [-0.1, -0.05) is 0 Å². The minimum absolute atomic E-state index is 0.807. The van der Waals surface area contributed by atoms with E-state index in [0.29, 0.717) is 0 Å². The number of rotatable bonds is 23. The van der Waals surface area contributed by atoms with Gasteiger partial charge in [-0.3, -0.25) is 22.9 Å². The fourth-order valence-electron chi connectivity index (χ4n) is 4.01. The van der Waals surface area contributed by atoms with Crippen LogP contribution in [0.3, 0.4) is 0 Å². The highest BCUT2D eigenvalue weighted by molar-refractivity contribution is 7.47. The predicted octanol–water partition coefficient (Wildman–Crippen LogP) is -7.52. The summed E-state index contributed by atoms with van der Waals surface area (Å²) in [6, 6.07) is -1.66. The number of aliphatic hydroxyl groups is 12. The van der Waals surface area contributed by atoms with Gasteiger partial charge in [0.1, 0.15) is 73.2 Å². The number of hydrogen-bond acceptors (Lipinski definition) is 21. The number of hydrogen-bond donors (Lipinski definition) is 15. The Morgan fingerprint density at radius 2 is 1.16 bits per heavy atom. The fourth-order valence-corrected chi connectivity index (χ4v) is 5.52. The molecule has 49 heavy (non-hydrogen) atoms. The van der Waals surface area contributed by atoms with E-state index in [1.165, 1.54) is 0 Å². The van der Waals surface area contributed by atoms with Crippen LogP contribution in [0.2, 0.25) is 0 Å². The molecule has 1 amide bonds. The number of phosphoric ester groups is 2. The van der Waals surface area contributed by atoms with Crippen molar-refractivity contribution in [2.24, 2.45) is 0 Å². The summed E-state index contributed by atoms with van der Waals surface area (Å²) in [4.78, 5) is 31.7. The van der Waals surface area contributed by atoms with Crippen LogP contribution in [-0.2, 0) is 41.5 Å². The van der Waals surface area contributed by atoms with Crippen molar-refractivity contribution in [2.75, 3.05) is 39.6 Å². The first-order valence-corrected chi connectivity index (χ1v) is 17.4. The van der Waals surface area contributed by atoms with Gasteiger partial charge in [-0.15, -0.1) is 0 Å². The van der Waals surface area contributed by atoms with Crippen molar-refractivity contribution >= 4 is 21.6 Å². The largest absolute Gasteiger partial charge is 0.472 e. The monoisotopic (exact) mass is 767 g/mol. The number of ether oxygens (including phenoxy) is 2. The molecular weight excluding hydrogens is 720 g/mol. The lowest BCUT2D eigenvalue weighted by molar-refractivity contribution is -0.299. The van der Waals surface area contributed by atoms with Crippen LogP contribution in [0.5, 0.6) is 0 Å². The summed E-state index contributed by atoms with van der Waals surface area (Å²) in [6.45, 7) is -4.59. The summed E-state index contributed by atoms with van der Waals surface area (Å²) in [5, 5.41) is 120. The Morgan fingerprint density at radius 3 is 1.55 bits per heavy atom. The highest BCUT2D eigenvalue weighted by atomic mass is 31.2. The van der Waals surface area contributed by atoms with Crippen molar-refractivity contribution < 1.29 is 113 Å². The van der Waals surface area contributed by atoms with Crippen molar-refractivity contribution in [3.63, 3.8) is 0 Å². The quantitative estimate of drug-likeness (QED) is 0.0429. The minimum atomic E-state index is -5.24. The molecule has 15 N–H and O–H groups in total. The smallest absolute Gasteiger partial charge is 0.394 e. The molecule has 26 heteroatoms. The van der Waals surface area contributed by atoms with Crippen LogP contribution < -0.4 is 5.32 Å². The number of carbonyl (C=O) groups excluding carboxylic acids is 1. The van der Waals surface area contributed by atoms with Gasteiger partial charge in [-0.05, 0) is 6.92 Å². The van der Waals surface area contributed by atoms with Crippen LogP contribution in [0.4, 0.5) is 0 Å². The minimum Gasteiger partial charge on any atom is -0.394 e. The molecule has 1 fully saturated rings. The SMILES string of the molecule is CC(=O)N[C@H]1[C@H](O[C@H]([C@H](O)COP(=O)(O)OC[C@H](O)[C@H](O)[C@@H](C)O)[C@@H](O)COP(=O)(O)OC[C@@H](O)[C@@H](O)[C@@H](O)CO)O[C@H](CO)[C@@H](O)[C@@H]1O. The Kier molecular flexibility index (Phi) is 19.8. The van der Waals surface area contributed by atoms with Crippen molar-refractivity contribution in [2.45, 2.75) is 99.4 Å². The molecule has 0 aromatic rings. The molecule has 292 valence electrons. The summed E-state index contributed by atoms with van der Waals surface area (Å²) in [6.07, 6.45) is -24.9. The molecule has 24 nitrogen and oxygen atoms in total. The first-order valence-electron chi connectivity index (χ1n) is 14.4. The van der Waals surface area contributed by atoms with Gasteiger partial charge in [0.05, 0.1) is 45.7 Å². The first kappa shape index (κ1) is 46.2. The van der Waals surface area contributed by atoms with Gasteiger partial charge in [-0.2, -0.15) is 0 Å². The van der Waals surface area contributed by atoms with Crippen LogP contribution >= 0.6 is 15.6 Å². The number of carbonyl (C=O) groups is 1. The average Bonchev–Trinajstić information content (AvgIpc) is 3.04. The molecule has 0 bridgehead atoms. The van der Waals surface area contributed by atoms with Gasteiger partial charge in [0, 0.05) is 6.92 Å². The summed E-state index contributed by atoms with van der Waals surface area (Å²) >= 11 is 0. The molecule has 1 saturated heterocycles. The molecule has 0 aromatic heterocycles.